The van der Waals surface area contributed by atoms with Crippen LogP contribution in [-0.4, -0.2) is 22.2 Å². The Morgan fingerprint density at radius 3 is 2.95 bits per heavy atom. The van der Waals surface area contributed by atoms with Gasteiger partial charge in [-0.3, -0.25) is 4.79 Å². The number of rotatable bonds is 4. The van der Waals surface area contributed by atoms with Crippen LogP contribution in [0.25, 0.3) is 10.9 Å². The zero-order valence-electron chi connectivity index (χ0n) is 12.6. The molecule has 112 valence electrons. The molecule has 2 aromatic rings. The van der Waals surface area contributed by atoms with Crippen LogP contribution < -0.4 is 5.32 Å². The van der Waals surface area contributed by atoms with Gasteiger partial charge in [-0.15, -0.1) is 0 Å². The lowest BCUT2D eigenvalue weighted by molar-refractivity contribution is -0.136. The maximum atomic E-state index is 11.0. The van der Waals surface area contributed by atoms with Crippen molar-refractivity contribution < 1.29 is 9.90 Å². The van der Waals surface area contributed by atoms with Gasteiger partial charge in [-0.1, -0.05) is 19.9 Å². The summed E-state index contributed by atoms with van der Waals surface area (Å²) in [6.45, 7) is 7.15. The third-order valence-electron chi connectivity index (χ3n) is 4.37. The molecule has 0 amide bonds. The standard InChI is InChI=1S/C17H22N2O2/c1-11(2)12-3-5-15-14(9-12)13(4-6-17(20)21)16-10-18-7-8-19(15)16/h3,5,9,11,18H,4,6-8,10H2,1-2H3,(H,20,21). The zero-order valence-corrected chi connectivity index (χ0v) is 12.6. The summed E-state index contributed by atoms with van der Waals surface area (Å²) in [5, 5.41) is 13.6. The highest BCUT2D eigenvalue weighted by atomic mass is 16.4. The Balaban J connectivity index is 2.15. The first-order valence-corrected chi connectivity index (χ1v) is 7.64. The lowest BCUT2D eigenvalue weighted by Crippen LogP contribution is -2.28. The van der Waals surface area contributed by atoms with E-state index < -0.39 is 5.97 Å². The van der Waals surface area contributed by atoms with Crippen LogP contribution in [0.15, 0.2) is 18.2 Å². The van der Waals surface area contributed by atoms with E-state index in [0.29, 0.717) is 12.3 Å². The molecule has 0 unspecified atom stereocenters. The molecule has 2 N–H and O–H groups in total. The van der Waals surface area contributed by atoms with Crippen LogP contribution >= 0.6 is 0 Å². The second-order valence-corrected chi connectivity index (χ2v) is 6.08. The number of fused-ring (bicyclic) bond motifs is 3. The van der Waals surface area contributed by atoms with E-state index in [0.717, 1.165) is 19.6 Å². The predicted octanol–water partition coefficient (Wildman–Crippen LogP) is 2.89. The molecule has 0 spiro atoms. The number of carboxylic acids is 1. The number of aliphatic carboxylic acids is 1. The largest absolute Gasteiger partial charge is 0.481 e. The number of nitrogens with zero attached hydrogens (tertiary/aromatic N) is 1. The Labute approximate surface area is 124 Å². The number of hydrogen-bond acceptors (Lipinski definition) is 2. The lowest BCUT2D eigenvalue weighted by Gasteiger charge is -2.18. The maximum Gasteiger partial charge on any atom is 0.303 e. The quantitative estimate of drug-likeness (QED) is 0.908. The van der Waals surface area contributed by atoms with Crippen molar-refractivity contribution in [3.8, 4) is 0 Å². The predicted molar refractivity (Wildman–Crippen MR) is 83.7 cm³/mol. The minimum absolute atomic E-state index is 0.192. The van der Waals surface area contributed by atoms with Gasteiger partial charge in [0.25, 0.3) is 0 Å². The van der Waals surface area contributed by atoms with Crippen LogP contribution in [0.2, 0.25) is 0 Å². The molecule has 4 heteroatoms. The topological polar surface area (TPSA) is 54.3 Å². The lowest BCUT2D eigenvalue weighted by atomic mass is 9.98. The van der Waals surface area contributed by atoms with Crippen molar-refractivity contribution in [2.24, 2.45) is 0 Å². The highest BCUT2D eigenvalue weighted by molar-refractivity contribution is 5.87. The first kappa shape index (κ1) is 14.1. The SMILES string of the molecule is CC(C)c1ccc2c(c1)c(CCC(=O)O)c1n2CCNC1. The molecule has 0 bridgehead atoms. The molecule has 1 aliphatic rings. The number of carboxylic acid groups (broad SMARTS) is 1. The Hall–Kier alpha value is -1.81. The van der Waals surface area contributed by atoms with Crippen LogP contribution in [0.5, 0.6) is 0 Å². The summed E-state index contributed by atoms with van der Waals surface area (Å²) in [5.74, 6) is -0.247. The van der Waals surface area contributed by atoms with Crippen LogP contribution in [-0.2, 0) is 24.3 Å². The van der Waals surface area contributed by atoms with Gasteiger partial charge >= 0.3 is 5.97 Å². The number of benzene rings is 1. The van der Waals surface area contributed by atoms with Gasteiger partial charge in [0.2, 0.25) is 0 Å². The van der Waals surface area contributed by atoms with Crippen molar-refractivity contribution in [1.29, 1.82) is 0 Å². The average molecular weight is 286 g/mol. The van der Waals surface area contributed by atoms with E-state index >= 15 is 0 Å². The highest BCUT2D eigenvalue weighted by Crippen LogP contribution is 2.31. The van der Waals surface area contributed by atoms with Gasteiger partial charge in [-0.05, 0) is 35.6 Å². The van der Waals surface area contributed by atoms with Gasteiger partial charge in [0.15, 0.2) is 0 Å². The fourth-order valence-electron chi connectivity index (χ4n) is 3.22. The summed E-state index contributed by atoms with van der Waals surface area (Å²) >= 11 is 0. The normalized spacial score (nSPS) is 14.6. The number of aryl methyl sites for hydroxylation is 1. The third-order valence-corrected chi connectivity index (χ3v) is 4.37. The average Bonchev–Trinajstić information content (AvgIpc) is 2.78. The van der Waals surface area contributed by atoms with E-state index in [4.69, 9.17) is 5.11 Å². The monoisotopic (exact) mass is 286 g/mol. The molecule has 1 aromatic carbocycles. The first-order chi connectivity index (χ1) is 10.1. The van der Waals surface area contributed by atoms with Gasteiger partial charge in [0.05, 0.1) is 0 Å². The van der Waals surface area contributed by atoms with E-state index in [9.17, 15) is 4.79 Å². The summed E-state index contributed by atoms with van der Waals surface area (Å²) in [5.41, 5.74) is 5.03. The fourth-order valence-corrected chi connectivity index (χ4v) is 3.22. The van der Waals surface area contributed by atoms with Crippen molar-refractivity contribution in [2.75, 3.05) is 6.54 Å². The zero-order chi connectivity index (χ0) is 15.0. The molecule has 4 nitrogen and oxygen atoms in total. The molecule has 1 aromatic heterocycles. The van der Waals surface area contributed by atoms with Gasteiger partial charge in [0, 0.05) is 42.7 Å². The Morgan fingerprint density at radius 1 is 1.43 bits per heavy atom. The van der Waals surface area contributed by atoms with Crippen LogP contribution in [0.3, 0.4) is 0 Å². The van der Waals surface area contributed by atoms with E-state index in [1.54, 1.807) is 0 Å². The Kier molecular flexibility index (Phi) is 3.72. The molecule has 2 heterocycles. The fraction of sp³-hybridized carbons (Fsp3) is 0.471. The molecule has 1 aliphatic heterocycles. The molecule has 0 aliphatic carbocycles. The van der Waals surface area contributed by atoms with Gasteiger partial charge < -0.3 is 15.0 Å². The maximum absolute atomic E-state index is 11.0. The summed E-state index contributed by atoms with van der Waals surface area (Å²) < 4.78 is 2.35. The van der Waals surface area contributed by atoms with E-state index in [1.807, 2.05) is 0 Å². The number of hydrogen-bond donors (Lipinski definition) is 2. The van der Waals surface area contributed by atoms with Crippen LogP contribution in [0, 0.1) is 0 Å². The van der Waals surface area contributed by atoms with Crippen LogP contribution in [0.1, 0.15) is 43.0 Å². The van der Waals surface area contributed by atoms with E-state index in [2.05, 4.69) is 41.9 Å². The second kappa shape index (κ2) is 5.53. The molecular formula is C17H22N2O2. The molecular weight excluding hydrogens is 264 g/mol. The third kappa shape index (κ3) is 2.56. The Bertz CT molecular complexity index is 686. The smallest absolute Gasteiger partial charge is 0.303 e. The van der Waals surface area contributed by atoms with Gasteiger partial charge in [0.1, 0.15) is 0 Å². The van der Waals surface area contributed by atoms with Crippen LogP contribution in [0.4, 0.5) is 0 Å². The number of carbonyl (C=O) groups is 1. The van der Waals surface area contributed by atoms with Crippen molar-refractivity contribution in [1.82, 2.24) is 9.88 Å². The summed E-state index contributed by atoms with van der Waals surface area (Å²) in [6, 6.07) is 6.65. The van der Waals surface area contributed by atoms with Gasteiger partial charge in [-0.2, -0.15) is 0 Å². The summed E-state index contributed by atoms with van der Waals surface area (Å²) in [7, 11) is 0. The van der Waals surface area contributed by atoms with Crippen molar-refractivity contribution >= 4 is 16.9 Å². The van der Waals surface area contributed by atoms with Crippen molar-refractivity contribution in [2.45, 2.75) is 45.7 Å². The molecule has 3 rings (SSSR count). The Morgan fingerprint density at radius 2 is 2.24 bits per heavy atom. The molecule has 0 radical (unpaired) electrons. The molecule has 0 atom stereocenters. The molecule has 0 saturated heterocycles. The van der Waals surface area contributed by atoms with Gasteiger partial charge in [-0.25, -0.2) is 0 Å². The molecule has 0 fully saturated rings. The summed E-state index contributed by atoms with van der Waals surface area (Å²) in [6.07, 6.45) is 0.801. The molecule has 0 saturated carbocycles. The summed E-state index contributed by atoms with van der Waals surface area (Å²) in [4.78, 5) is 11.0. The first-order valence-electron chi connectivity index (χ1n) is 7.64. The van der Waals surface area contributed by atoms with Crippen molar-refractivity contribution in [3.05, 3.63) is 35.0 Å². The number of aromatic nitrogens is 1. The minimum atomic E-state index is -0.730. The van der Waals surface area contributed by atoms with Crippen molar-refractivity contribution in [3.63, 3.8) is 0 Å². The molecule has 21 heavy (non-hydrogen) atoms. The second-order valence-electron chi connectivity index (χ2n) is 6.08. The number of nitrogens with one attached hydrogen (secondary N) is 1. The van der Waals surface area contributed by atoms with E-state index in [1.165, 1.54) is 27.7 Å². The minimum Gasteiger partial charge on any atom is -0.481 e. The highest BCUT2D eigenvalue weighted by Gasteiger charge is 2.20. The van der Waals surface area contributed by atoms with E-state index in [-0.39, 0.29) is 6.42 Å².